The van der Waals surface area contributed by atoms with Crippen LogP contribution < -0.4 is 11.5 Å². The minimum atomic E-state index is -0.333. The van der Waals surface area contributed by atoms with Gasteiger partial charge in [0.1, 0.15) is 0 Å². The summed E-state index contributed by atoms with van der Waals surface area (Å²) in [5, 5.41) is 6.06. The molecule has 0 saturated carbocycles. The van der Waals surface area contributed by atoms with Crippen LogP contribution in [0.5, 0.6) is 0 Å². The number of rotatable bonds is 0. The van der Waals surface area contributed by atoms with Crippen molar-refractivity contribution in [1.29, 1.82) is 5.41 Å². The van der Waals surface area contributed by atoms with E-state index >= 15 is 0 Å². The quantitative estimate of drug-likeness (QED) is 0.233. The highest BCUT2D eigenvalue weighted by Gasteiger charge is 1.52. The summed E-state index contributed by atoms with van der Waals surface area (Å²) in [6.07, 6.45) is 0. The summed E-state index contributed by atoms with van der Waals surface area (Å²) in [6, 6.07) is 0. The van der Waals surface area contributed by atoms with Crippen LogP contribution in [0.4, 0.5) is 0 Å². The van der Waals surface area contributed by atoms with Crippen LogP contribution in [0.2, 0.25) is 0 Å². The Morgan fingerprint density at radius 3 is 0.889 bits per heavy atom. The average molecular weight is 147 g/mol. The van der Waals surface area contributed by atoms with Gasteiger partial charge in [-0.25, -0.2) is 0 Å². The number of nitrogens with two attached hydrogens (primary N) is 2. The molecule has 0 aromatic carbocycles. The highest BCUT2D eigenvalue weighted by Crippen LogP contribution is 1.13. The Morgan fingerprint density at radius 2 is 0.889 bits per heavy atom. The van der Waals surface area contributed by atoms with Crippen molar-refractivity contribution in [3.63, 3.8) is 0 Å². The van der Waals surface area contributed by atoms with Crippen molar-refractivity contribution >= 4 is 5.96 Å². The largest absolute Gasteiger partial charge is 0.412 e. The van der Waals surface area contributed by atoms with Crippen molar-refractivity contribution in [3.05, 3.63) is 0 Å². The summed E-state index contributed by atoms with van der Waals surface area (Å²) >= 11 is 0. The van der Waals surface area contributed by atoms with Gasteiger partial charge in [-0.15, -0.1) is 0 Å². The zero-order chi connectivity index (χ0) is 3.58. The van der Waals surface area contributed by atoms with E-state index in [1.54, 1.807) is 0 Å². The van der Waals surface area contributed by atoms with Gasteiger partial charge in [0.25, 0.3) is 0 Å². The molecule has 0 aliphatic carbocycles. The second-order valence-corrected chi connectivity index (χ2v) is 0.455. The standard InChI is InChI=1S/CH5N3.CH4.4H2O/c2-1(3)4;;;;;/h(H5,2,3,4);1H4;4*1H2. The maximum absolute atomic E-state index is 6.06. The number of hydrogen-bond donors (Lipinski definition) is 3. The van der Waals surface area contributed by atoms with E-state index in [1.165, 1.54) is 0 Å². The van der Waals surface area contributed by atoms with Crippen LogP contribution in [0.15, 0.2) is 0 Å². The lowest BCUT2D eigenvalue weighted by atomic mass is 11.1. The average Bonchev–Trinajstić information content (AvgIpc) is 0.811. The Bertz CT molecular complexity index is 36.8. The van der Waals surface area contributed by atoms with Gasteiger partial charge in [0.15, 0.2) is 5.96 Å². The van der Waals surface area contributed by atoms with Gasteiger partial charge < -0.3 is 33.4 Å². The van der Waals surface area contributed by atoms with E-state index in [4.69, 9.17) is 5.41 Å². The molecule has 7 nitrogen and oxygen atoms in total. The van der Waals surface area contributed by atoms with E-state index in [1.807, 2.05) is 0 Å². The predicted molar refractivity (Wildman–Crippen MR) is 37.3 cm³/mol. The second-order valence-electron chi connectivity index (χ2n) is 0.455. The summed E-state index contributed by atoms with van der Waals surface area (Å²) < 4.78 is 0. The molecule has 0 amide bonds. The van der Waals surface area contributed by atoms with Crippen LogP contribution in [0.25, 0.3) is 0 Å². The molecule has 0 atom stereocenters. The van der Waals surface area contributed by atoms with Crippen molar-refractivity contribution in [2.75, 3.05) is 0 Å². The second kappa shape index (κ2) is 59.6. The molecule has 7 heteroatoms. The molecule has 0 aliphatic rings. The molecule has 0 spiro atoms. The highest BCUT2D eigenvalue weighted by molar-refractivity contribution is 5.71. The molecule has 0 saturated heterocycles. The van der Waals surface area contributed by atoms with Crippen molar-refractivity contribution < 1.29 is 21.9 Å². The third-order valence-electron chi connectivity index (χ3n) is 0. The summed E-state index contributed by atoms with van der Waals surface area (Å²) in [6.45, 7) is 0. The molecule has 9 heavy (non-hydrogen) atoms. The first kappa shape index (κ1) is 92.1. The van der Waals surface area contributed by atoms with Crippen LogP contribution >= 0.6 is 0 Å². The van der Waals surface area contributed by atoms with Crippen molar-refractivity contribution in [1.82, 2.24) is 0 Å². The molecule has 64 valence electrons. The molecule has 0 radical (unpaired) electrons. The van der Waals surface area contributed by atoms with Gasteiger partial charge >= 0.3 is 0 Å². The normalized spacial score (nSPS) is 2.67. The summed E-state index contributed by atoms with van der Waals surface area (Å²) in [5.41, 5.74) is 8.94. The van der Waals surface area contributed by atoms with Gasteiger partial charge in [-0.05, 0) is 0 Å². The molecule has 0 unspecified atom stereocenters. The van der Waals surface area contributed by atoms with E-state index in [0.717, 1.165) is 0 Å². The van der Waals surface area contributed by atoms with E-state index in [0.29, 0.717) is 0 Å². The van der Waals surface area contributed by atoms with Crippen molar-refractivity contribution in [3.8, 4) is 0 Å². The fraction of sp³-hybridized carbons (Fsp3) is 0.500. The Balaban J connectivity index is -0.00000000450. The van der Waals surface area contributed by atoms with Crippen LogP contribution in [0, 0.1) is 5.41 Å². The van der Waals surface area contributed by atoms with Gasteiger partial charge in [0.2, 0.25) is 0 Å². The molecule has 0 aliphatic heterocycles. The Kier molecular flexibility index (Phi) is 610. The van der Waals surface area contributed by atoms with Gasteiger partial charge in [0, 0.05) is 0 Å². The Morgan fingerprint density at radius 1 is 0.889 bits per heavy atom. The smallest absolute Gasteiger partial charge is 0.183 e. The lowest BCUT2D eigenvalue weighted by molar-refractivity contribution is 0.823. The summed E-state index contributed by atoms with van der Waals surface area (Å²) in [4.78, 5) is 0. The van der Waals surface area contributed by atoms with Gasteiger partial charge in [-0.1, -0.05) is 7.43 Å². The van der Waals surface area contributed by atoms with E-state index in [2.05, 4.69) is 11.5 Å². The lowest BCUT2D eigenvalue weighted by Crippen LogP contribution is -2.20. The topological polar surface area (TPSA) is 202 Å². The molecule has 0 heterocycles. The molecule has 0 aromatic heterocycles. The van der Waals surface area contributed by atoms with Crippen LogP contribution in [0.3, 0.4) is 0 Å². The fourth-order valence-corrected chi connectivity index (χ4v) is 0. The number of guanidine groups is 1. The van der Waals surface area contributed by atoms with E-state index in [-0.39, 0.29) is 35.3 Å². The third-order valence-corrected chi connectivity index (χ3v) is 0. The third kappa shape index (κ3) is 234. The van der Waals surface area contributed by atoms with E-state index < -0.39 is 0 Å². The molecular formula is C2H17N3O4. The molecular weight excluding hydrogens is 130 g/mol. The first-order chi connectivity index (χ1) is 1.73. The van der Waals surface area contributed by atoms with Crippen molar-refractivity contribution in [2.24, 2.45) is 11.5 Å². The molecule has 0 bridgehead atoms. The van der Waals surface area contributed by atoms with Gasteiger partial charge in [-0.3, -0.25) is 5.41 Å². The molecule has 0 rings (SSSR count). The SMILES string of the molecule is C.N=C(N)N.O.O.O.O. The monoisotopic (exact) mass is 147 g/mol. The van der Waals surface area contributed by atoms with E-state index in [9.17, 15) is 0 Å². The zero-order valence-corrected chi connectivity index (χ0v) is 4.15. The molecule has 0 aromatic rings. The molecule has 0 fully saturated rings. The number of nitrogens with one attached hydrogen (secondary N) is 1. The molecule has 13 N–H and O–H groups in total. The van der Waals surface area contributed by atoms with Crippen LogP contribution in [-0.4, -0.2) is 27.9 Å². The first-order valence-electron chi connectivity index (χ1n) is 0.827. The maximum atomic E-state index is 6.06. The summed E-state index contributed by atoms with van der Waals surface area (Å²) in [7, 11) is 0. The zero-order valence-electron chi connectivity index (χ0n) is 4.15. The number of hydrogen-bond acceptors (Lipinski definition) is 1. The Labute approximate surface area is 53.4 Å². The minimum Gasteiger partial charge on any atom is -0.412 e. The van der Waals surface area contributed by atoms with Crippen molar-refractivity contribution in [2.45, 2.75) is 7.43 Å². The fourth-order valence-electron chi connectivity index (χ4n) is 0. The van der Waals surface area contributed by atoms with Gasteiger partial charge in [0.05, 0.1) is 0 Å². The van der Waals surface area contributed by atoms with Crippen LogP contribution in [-0.2, 0) is 0 Å². The summed E-state index contributed by atoms with van der Waals surface area (Å²) in [5.74, 6) is -0.333. The Hall–Kier alpha value is -0.890. The maximum Gasteiger partial charge on any atom is 0.183 e. The predicted octanol–water partition coefficient (Wildman–Crippen LogP) is -3.82. The van der Waals surface area contributed by atoms with Gasteiger partial charge in [-0.2, -0.15) is 0 Å². The van der Waals surface area contributed by atoms with Crippen LogP contribution in [0.1, 0.15) is 7.43 Å². The minimum absolute atomic E-state index is 0. The highest BCUT2D eigenvalue weighted by atomic mass is 16.0. The lowest BCUT2D eigenvalue weighted by Gasteiger charge is -1.69. The first-order valence-corrected chi connectivity index (χ1v) is 0.827.